The molecule has 1 rings (SSSR count). The van der Waals surface area contributed by atoms with E-state index in [1.54, 1.807) is 50.3 Å². The first-order valence-electron chi connectivity index (χ1n) is 20.0. The molecule has 13 heteroatoms. The van der Waals surface area contributed by atoms with Crippen LogP contribution in [0.15, 0.2) is 42.0 Å². The van der Waals surface area contributed by atoms with Gasteiger partial charge in [0, 0.05) is 34.9 Å². The number of amides is 4. The lowest BCUT2D eigenvalue weighted by molar-refractivity contribution is -0.145. The monoisotopic (exact) mass is 795 g/mol. The number of methoxy groups -OCH3 is 2. The molecular weight excluding hydrogens is 717 g/mol. The van der Waals surface area contributed by atoms with E-state index in [0.717, 1.165) is 23.5 Å². The lowest BCUT2D eigenvalue weighted by Gasteiger charge is -2.39. The number of nitrogens with one attached hydrogen (secondary N) is 2. The Bertz CT molecular complexity index is 1230. The number of nitrogens with zero attached hydrogens (tertiary/aromatic N) is 3. The van der Waals surface area contributed by atoms with Crippen molar-refractivity contribution < 1.29 is 28.7 Å². The summed E-state index contributed by atoms with van der Waals surface area (Å²) in [6, 6.07) is -1.84. The Balaban J connectivity index is 0. The number of aliphatic imine (C=N–C) groups is 1. The maximum Gasteiger partial charge on any atom is 0.242 e. The first-order chi connectivity index (χ1) is 26.1. The van der Waals surface area contributed by atoms with Gasteiger partial charge in [-0.15, -0.1) is 11.8 Å². The summed E-state index contributed by atoms with van der Waals surface area (Å²) in [5.74, 6) is -1.68. The maximum atomic E-state index is 14.0. The second-order valence-corrected chi connectivity index (χ2v) is 14.9. The van der Waals surface area contributed by atoms with E-state index < -0.39 is 30.2 Å². The topological polar surface area (TPSA) is 156 Å². The quantitative estimate of drug-likeness (QED) is 0.0725. The van der Waals surface area contributed by atoms with Gasteiger partial charge in [-0.25, -0.2) is 0 Å². The molecule has 0 bridgehead atoms. The van der Waals surface area contributed by atoms with Crippen LogP contribution in [0.1, 0.15) is 101 Å². The number of hydrogen-bond acceptors (Lipinski definition) is 9. The zero-order valence-corrected chi connectivity index (χ0v) is 37.6. The molecule has 0 aliphatic carbocycles. The summed E-state index contributed by atoms with van der Waals surface area (Å²) in [6.45, 7) is 25.8. The fraction of sp³-hybridized carbons (Fsp3) is 0.738. The van der Waals surface area contributed by atoms with E-state index in [2.05, 4.69) is 42.6 Å². The Morgan fingerprint density at radius 2 is 1.64 bits per heavy atom. The lowest BCUT2D eigenvalue weighted by Crippen LogP contribution is -2.55. The molecule has 0 aromatic rings. The number of allylic oxidation sites excluding steroid dienone is 3. The van der Waals surface area contributed by atoms with Gasteiger partial charge in [0.2, 0.25) is 23.6 Å². The second kappa shape index (κ2) is 30.2. The summed E-state index contributed by atoms with van der Waals surface area (Å²) in [5.41, 5.74) is 6.86. The third kappa shape index (κ3) is 17.8. The van der Waals surface area contributed by atoms with Crippen molar-refractivity contribution in [2.24, 2.45) is 28.5 Å². The van der Waals surface area contributed by atoms with Crippen molar-refractivity contribution in [1.82, 2.24) is 20.4 Å². The van der Waals surface area contributed by atoms with E-state index in [1.807, 2.05) is 60.8 Å². The first kappa shape index (κ1) is 54.1. The van der Waals surface area contributed by atoms with Gasteiger partial charge in [-0.3, -0.25) is 24.2 Å². The number of carbonyl (C=O) groups is 4. The highest BCUT2D eigenvalue weighted by Gasteiger charge is 2.42. The predicted molar refractivity (Wildman–Crippen MR) is 231 cm³/mol. The van der Waals surface area contributed by atoms with Gasteiger partial charge in [0.05, 0.1) is 60.3 Å². The van der Waals surface area contributed by atoms with Gasteiger partial charge in [-0.2, -0.15) is 0 Å². The fourth-order valence-electron chi connectivity index (χ4n) is 6.53. The van der Waals surface area contributed by atoms with Crippen molar-refractivity contribution in [3.8, 4) is 0 Å². The normalized spacial score (nSPS) is 18.2. The van der Waals surface area contributed by atoms with Gasteiger partial charge in [0.15, 0.2) is 0 Å². The van der Waals surface area contributed by atoms with Crippen molar-refractivity contribution >= 4 is 40.4 Å². The Labute approximate surface area is 338 Å². The first-order valence-corrected chi connectivity index (χ1v) is 21.2. The highest BCUT2D eigenvalue weighted by atomic mass is 32.2. The van der Waals surface area contributed by atoms with Crippen LogP contribution in [0.4, 0.5) is 0 Å². The number of nitrogens with two attached hydrogens (primary N) is 1. The zero-order valence-electron chi connectivity index (χ0n) is 36.8. The van der Waals surface area contributed by atoms with Gasteiger partial charge >= 0.3 is 0 Å². The molecule has 0 saturated carbocycles. The van der Waals surface area contributed by atoms with Crippen molar-refractivity contribution in [2.75, 3.05) is 47.7 Å². The fourth-order valence-corrected chi connectivity index (χ4v) is 7.14. The van der Waals surface area contributed by atoms with E-state index in [9.17, 15) is 19.2 Å². The van der Waals surface area contributed by atoms with Crippen molar-refractivity contribution in [3.05, 3.63) is 37.0 Å². The lowest BCUT2D eigenvalue weighted by atomic mass is 9.90. The minimum absolute atomic E-state index is 0.00569. The van der Waals surface area contributed by atoms with E-state index in [1.165, 1.54) is 18.2 Å². The molecule has 1 fully saturated rings. The van der Waals surface area contributed by atoms with E-state index in [0.29, 0.717) is 19.4 Å². The van der Waals surface area contributed by atoms with Crippen LogP contribution in [0.2, 0.25) is 0 Å². The average molecular weight is 795 g/mol. The molecule has 0 aromatic heterocycles. The van der Waals surface area contributed by atoms with Gasteiger partial charge in [-0.05, 0) is 42.9 Å². The molecule has 318 valence electrons. The molecule has 0 aromatic carbocycles. The maximum absolute atomic E-state index is 14.0. The van der Waals surface area contributed by atoms with Crippen LogP contribution < -0.4 is 16.4 Å². The molecule has 12 nitrogen and oxygen atoms in total. The molecule has 1 saturated heterocycles. The number of likely N-dealkylation sites (tertiary alicyclic amines) is 1. The summed E-state index contributed by atoms with van der Waals surface area (Å²) >= 11 is 1.47. The van der Waals surface area contributed by atoms with Crippen LogP contribution in [-0.4, -0.2) is 123 Å². The molecule has 4 amide bonds. The van der Waals surface area contributed by atoms with Crippen molar-refractivity contribution in [3.63, 3.8) is 0 Å². The number of likely N-dealkylation sites (N-methyl/N-ethyl adjacent to an activating group) is 1. The molecule has 1 aliphatic rings. The summed E-state index contributed by atoms with van der Waals surface area (Å²) in [6.07, 6.45) is 10.0. The smallest absolute Gasteiger partial charge is 0.242 e. The van der Waals surface area contributed by atoms with E-state index >= 15 is 0 Å². The number of rotatable bonds is 21. The number of ether oxygens (including phenoxy) is 2. The molecule has 0 radical (unpaired) electrons. The summed E-state index contributed by atoms with van der Waals surface area (Å²) in [5, 5.41) is 6.59. The number of carbonyl (C=O) groups excluding carboxylic acids is 4. The molecule has 0 spiro atoms. The third-order valence-corrected chi connectivity index (χ3v) is 10.7. The van der Waals surface area contributed by atoms with Gasteiger partial charge in [0.1, 0.15) is 0 Å². The van der Waals surface area contributed by atoms with E-state index in [-0.39, 0.29) is 60.5 Å². The van der Waals surface area contributed by atoms with Crippen LogP contribution in [0.25, 0.3) is 0 Å². The average Bonchev–Trinajstić information content (AvgIpc) is 3.67. The van der Waals surface area contributed by atoms with Crippen molar-refractivity contribution in [2.45, 2.75) is 137 Å². The van der Waals surface area contributed by atoms with Gasteiger partial charge < -0.3 is 35.6 Å². The minimum Gasteiger partial charge on any atom is -0.379 e. The number of hydrogen-bond donors (Lipinski definition) is 3. The molecule has 8 atom stereocenters. The van der Waals surface area contributed by atoms with Crippen LogP contribution in [0.5, 0.6) is 0 Å². The Morgan fingerprint density at radius 1 is 1.04 bits per heavy atom. The predicted octanol–water partition coefficient (Wildman–Crippen LogP) is 6.01. The molecular formula is C42H78N6O6S. The SMILES string of the molecule is C=C/C=C(\C=C)CC(NC(=O)[C@H](C)[C@@H](OC)[C@@H]1CCCN1C(=O)C[C@@H](OC)[C@H](C(C)CC)N(C)C(=O)CNC(=O)C(N)C(C)C)C(=NC)SC.CC.CCC. The van der Waals surface area contributed by atoms with Crippen LogP contribution in [-0.2, 0) is 28.7 Å². The Morgan fingerprint density at radius 3 is 2.09 bits per heavy atom. The van der Waals surface area contributed by atoms with Gasteiger partial charge in [0.25, 0.3) is 0 Å². The molecule has 3 unspecified atom stereocenters. The second-order valence-electron chi connectivity index (χ2n) is 14.1. The third-order valence-electron chi connectivity index (χ3n) is 9.82. The number of thioether (sulfide) groups is 1. The van der Waals surface area contributed by atoms with Crippen molar-refractivity contribution in [1.29, 1.82) is 0 Å². The molecule has 1 heterocycles. The molecule has 4 N–H and O–H groups in total. The van der Waals surface area contributed by atoms with Crippen LogP contribution in [0, 0.1) is 17.8 Å². The Hall–Kier alpha value is -3.00. The summed E-state index contributed by atoms with van der Waals surface area (Å²) in [4.78, 5) is 61.3. The highest BCUT2D eigenvalue weighted by Crippen LogP contribution is 2.29. The highest BCUT2D eigenvalue weighted by molar-refractivity contribution is 8.13. The summed E-state index contributed by atoms with van der Waals surface area (Å²) < 4.78 is 11.9. The standard InChI is InChI=1S/C37H64N6O6S.C3H8.C2H6/c1-13-17-26(15-3)20-27(37(39-8)50-12)41-35(46)25(7)34(49-11)28-18-16-19-43(28)30(44)21-29(48-10)33(24(6)14-2)42(9)31(45)22-40-36(47)32(38)23(4)5;1-3-2;1-2/h13,15,17,23-25,27-29,32-34H,1,3,14,16,18-22,38H2,2,4-12H3,(H,40,47)(H,41,46);3H2,1-2H3;1-2H3/b26-17+,39-37?;;/t24?,25-,27?,28+,29-,32?,33+,34-;;/m1../s1. The van der Waals surface area contributed by atoms with Crippen LogP contribution >= 0.6 is 11.8 Å². The molecule has 55 heavy (non-hydrogen) atoms. The van der Waals surface area contributed by atoms with Gasteiger partial charge in [-0.1, -0.05) is 107 Å². The molecule has 1 aliphatic heterocycles. The Kier molecular flexibility index (Phi) is 29.7. The summed E-state index contributed by atoms with van der Waals surface area (Å²) in [7, 11) is 6.49. The largest absolute Gasteiger partial charge is 0.379 e. The minimum atomic E-state index is -0.718. The zero-order chi connectivity index (χ0) is 42.8. The van der Waals surface area contributed by atoms with Crippen LogP contribution in [0.3, 0.4) is 0 Å². The van der Waals surface area contributed by atoms with E-state index in [4.69, 9.17) is 15.2 Å².